The van der Waals surface area contributed by atoms with Gasteiger partial charge in [-0.15, -0.1) is 0 Å². The van der Waals surface area contributed by atoms with E-state index in [0.29, 0.717) is 0 Å². The van der Waals surface area contributed by atoms with Crippen molar-refractivity contribution in [3.8, 4) is 0 Å². The van der Waals surface area contributed by atoms with Crippen molar-refractivity contribution < 1.29 is 0 Å². The number of allylic oxidation sites excluding steroid dienone is 2. The number of rotatable bonds is 19. The molecular weight excluding hydrogens is 372 g/mol. The van der Waals surface area contributed by atoms with E-state index in [4.69, 9.17) is 0 Å². The van der Waals surface area contributed by atoms with Crippen LogP contribution in [0.15, 0.2) is 54.6 Å². The van der Waals surface area contributed by atoms with Crippen LogP contribution in [-0.4, -0.2) is 0 Å². The number of fused-ring (bicyclic) bond motifs is 1. The number of unbranched alkanes of at least 4 members (excludes halogenated alkanes) is 15. The van der Waals surface area contributed by atoms with E-state index >= 15 is 0 Å². The Morgan fingerprint density at radius 1 is 0.516 bits per heavy atom. The quantitative estimate of drug-likeness (QED) is 0.156. The molecule has 0 heteroatoms. The summed E-state index contributed by atoms with van der Waals surface area (Å²) >= 11 is 0. The number of aryl methyl sites for hydroxylation is 1. The van der Waals surface area contributed by atoms with Gasteiger partial charge in [0.25, 0.3) is 0 Å². The van der Waals surface area contributed by atoms with E-state index in [1.54, 1.807) is 0 Å². The first-order chi connectivity index (χ1) is 15.4. The van der Waals surface area contributed by atoms with Gasteiger partial charge in [-0.25, -0.2) is 0 Å². The average Bonchev–Trinajstić information content (AvgIpc) is 2.80. The summed E-state index contributed by atoms with van der Waals surface area (Å²) in [5.41, 5.74) is 1.50. The van der Waals surface area contributed by atoms with Crippen molar-refractivity contribution in [1.82, 2.24) is 0 Å². The largest absolute Gasteiger partial charge is 0.0885 e. The third-order valence-corrected chi connectivity index (χ3v) is 6.59. The van der Waals surface area contributed by atoms with Crippen LogP contribution >= 0.6 is 0 Å². The van der Waals surface area contributed by atoms with Crippen molar-refractivity contribution in [3.63, 3.8) is 0 Å². The third-order valence-electron chi connectivity index (χ3n) is 6.59. The summed E-state index contributed by atoms with van der Waals surface area (Å²) in [5, 5.41) is 2.80. The third kappa shape index (κ3) is 12.2. The predicted molar refractivity (Wildman–Crippen MR) is 141 cm³/mol. The highest BCUT2D eigenvalue weighted by Gasteiger charge is 1.99. The first-order valence-corrected chi connectivity index (χ1v) is 13.5. The smallest absolute Gasteiger partial charge is 0.0152 e. The Labute approximate surface area is 193 Å². The van der Waals surface area contributed by atoms with E-state index < -0.39 is 0 Å². The Hall–Kier alpha value is -1.56. The zero-order valence-electron chi connectivity index (χ0n) is 20.4. The first kappa shape index (κ1) is 25.7. The van der Waals surface area contributed by atoms with Gasteiger partial charge in [0.15, 0.2) is 0 Å². The summed E-state index contributed by atoms with van der Waals surface area (Å²) in [5.74, 6) is 0. The summed E-state index contributed by atoms with van der Waals surface area (Å²) in [4.78, 5) is 0. The maximum absolute atomic E-state index is 2.42. The summed E-state index contributed by atoms with van der Waals surface area (Å²) in [7, 11) is 0. The van der Waals surface area contributed by atoms with Crippen LogP contribution in [0.25, 0.3) is 10.8 Å². The van der Waals surface area contributed by atoms with Gasteiger partial charge in [-0.2, -0.15) is 0 Å². The van der Waals surface area contributed by atoms with E-state index in [1.807, 2.05) is 0 Å². The van der Waals surface area contributed by atoms with Crippen LogP contribution in [0.1, 0.15) is 122 Å². The van der Waals surface area contributed by atoms with Crippen molar-refractivity contribution in [3.05, 3.63) is 60.2 Å². The lowest BCUT2D eigenvalue weighted by Gasteiger charge is -2.05. The fourth-order valence-corrected chi connectivity index (χ4v) is 4.61. The maximum atomic E-state index is 2.42. The molecule has 0 spiro atoms. The summed E-state index contributed by atoms with van der Waals surface area (Å²) in [6.45, 7) is 2.30. The Morgan fingerprint density at radius 2 is 1.03 bits per heavy atom. The molecule has 2 rings (SSSR count). The van der Waals surface area contributed by atoms with Crippen molar-refractivity contribution in [2.45, 2.75) is 122 Å². The van der Waals surface area contributed by atoms with Crippen molar-refractivity contribution >= 4 is 10.8 Å². The second-order valence-corrected chi connectivity index (χ2v) is 9.39. The second-order valence-electron chi connectivity index (χ2n) is 9.39. The second kappa shape index (κ2) is 18.1. The summed E-state index contributed by atoms with van der Waals surface area (Å²) < 4.78 is 0. The topological polar surface area (TPSA) is 0 Å². The molecule has 31 heavy (non-hydrogen) atoms. The van der Waals surface area contributed by atoms with Gasteiger partial charge in [-0.05, 0) is 48.4 Å². The molecular formula is C31H48. The van der Waals surface area contributed by atoms with Crippen LogP contribution in [0, 0.1) is 0 Å². The van der Waals surface area contributed by atoms with Gasteiger partial charge in [0, 0.05) is 0 Å². The van der Waals surface area contributed by atoms with Crippen LogP contribution in [0.5, 0.6) is 0 Å². The number of benzene rings is 2. The molecule has 0 saturated carbocycles. The van der Waals surface area contributed by atoms with Gasteiger partial charge in [0.2, 0.25) is 0 Å². The number of hydrogen-bond donors (Lipinski definition) is 0. The molecule has 0 radical (unpaired) electrons. The minimum atomic E-state index is 1.19. The van der Waals surface area contributed by atoms with E-state index in [1.165, 1.54) is 132 Å². The molecule has 0 N–H and O–H groups in total. The molecule has 0 aliphatic carbocycles. The van der Waals surface area contributed by atoms with E-state index in [9.17, 15) is 0 Å². The number of hydrogen-bond acceptors (Lipinski definition) is 0. The highest BCUT2D eigenvalue weighted by atomic mass is 14.0. The van der Waals surface area contributed by atoms with Crippen LogP contribution in [-0.2, 0) is 6.42 Å². The van der Waals surface area contributed by atoms with E-state index in [2.05, 4.69) is 61.5 Å². The molecule has 0 atom stereocenters. The van der Waals surface area contributed by atoms with Gasteiger partial charge in [-0.1, -0.05) is 145 Å². The molecule has 0 aromatic heterocycles. The minimum Gasteiger partial charge on any atom is -0.0885 e. The fourth-order valence-electron chi connectivity index (χ4n) is 4.61. The maximum Gasteiger partial charge on any atom is -0.0152 e. The lowest BCUT2D eigenvalue weighted by atomic mass is 10.00. The molecule has 0 heterocycles. The molecule has 2 aromatic carbocycles. The zero-order chi connectivity index (χ0) is 21.8. The Morgan fingerprint density at radius 3 is 1.68 bits per heavy atom. The Kier molecular flexibility index (Phi) is 15.0. The standard InChI is InChI=1S/C31H48/c1-2-3-4-5-6-7-8-9-10-11-12-13-14-15-16-17-18-19-20-24-29-26-23-27-30-25-21-22-28-31(29)30/h17-18,21-23,25-28H,2-16,19-20,24H2,1H3/b18-17+. The van der Waals surface area contributed by atoms with Crippen molar-refractivity contribution in [2.24, 2.45) is 0 Å². The molecule has 172 valence electrons. The molecule has 0 unspecified atom stereocenters. The monoisotopic (exact) mass is 420 g/mol. The normalized spacial score (nSPS) is 11.6. The fraction of sp³-hybridized carbons (Fsp3) is 0.613. The molecule has 0 aliphatic heterocycles. The summed E-state index contributed by atoms with van der Waals surface area (Å²) in [6, 6.07) is 15.5. The Balaban J connectivity index is 1.35. The van der Waals surface area contributed by atoms with Gasteiger partial charge < -0.3 is 0 Å². The Bertz CT molecular complexity index is 691. The average molecular weight is 421 g/mol. The van der Waals surface area contributed by atoms with Crippen LogP contribution in [0.2, 0.25) is 0 Å². The minimum absolute atomic E-state index is 1.19. The molecule has 0 fully saturated rings. The van der Waals surface area contributed by atoms with Gasteiger partial charge in [-0.3, -0.25) is 0 Å². The SMILES string of the molecule is CCCCCCCCCCCCCCCC/C=C/CCCc1cccc2ccccc12. The molecule has 0 nitrogen and oxygen atoms in total. The molecule has 0 saturated heterocycles. The van der Waals surface area contributed by atoms with Gasteiger partial charge in [0.05, 0.1) is 0 Å². The van der Waals surface area contributed by atoms with Crippen LogP contribution in [0.4, 0.5) is 0 Å². The van der Waals surface area contributed by atoms with Crippen molar-refractivity contribution in [1.29, 1.82) is 0 Å². The van der Waals surface area contributed by atoms with Crippen LogP contribution in [0.3, 0.4) is 0 Å². The van der Waals surface area contributed by atoms with Crippen molar-refractivity contribution in [2.75, 3.05) is 0 Å². The zero-order valence-corrected chi connectivity index (χ0v) is 20.4. The lowest BCUT2D eigenvalue weighted by molar-refractivity contribution is 0.536. The van der Waals surface area contributed by atoms with E-state index in [0.717, 1.165) is 0 Å². The van der Waals surface area contributed by atoms with Crippen LogP contribution < -0.4 is 0 Å². The summed E-state index contributed by atoms with van der Waals surface area (Å²) in [6.07, 6.45) is 29.9. The van der Waals surface area contributed by atoms with Gasteiger partial charge in [0.1, 0.15) is 0 Å². The highest BCUT2D eigenvalue weighted by molar-refractivity contribution is 5.85. The molecule has 0 amide bonds. The molecule has 2 aromatic rings. The predicted octanol–water partition coefficient (Wildman–Crippen LogP) is 10.6. The first-order valence-electron chi connectivity index (χ1n) is 13.5. The molecule has 0 bridgehead atoms. The lowest BCUT2D eigenvalue weighted by Crippen LogP contribution is -1.87. The van der Waals surface area contributed by atoms with E-state index in [-0.39, 0.29) is 0 Å². The van der Waals surface area contributed by atoms with Gasteiger partial charge >= 0.3 is 0 Å². The molecule has 0 aliphatic rings. The highest BCUT2D eigenvalue weighted by Crippen LogP contribution is 2.20.